The largest absolute Gasteiger partial charge is 0.289 e. The normalized spacial score (nSPS) is 14.7. The zero-order chi connectivity index (χ0) is 17.8. The highest BCUT2D eigenvalue weighted by molar-refractivity contribution is 7.91. The molecule has 0 spiro atoms. The monoisotopic (exact) mass is 354 g/mol. The second kappa shape index (κ2) is 5.15. The molecule has 0 saturated heterocycles. The fraction of sp³-hybridized carbons (Fsp3) is 0.0625. The number of fused-ring (bicyclic) bond motifs is 2. The van der Waals surface area contributed by atoms with Crippen molar-refractivity contribution in [3.05, 3.63) is 53.6 Å². The number of benzene rings is 2. The topological polar surface area (TPSA) is 112 Å². The summed E-state index contributed by atoms with van der Waals surface area (Å²) in [5, 5.41) is 11.3. The molecule has 2 heterocycles. The minimum absolute atomic E-state index is 0.0231. The Morgan fingerprint density at radius 2 is 1.76 bits per heavy atom. The quantitative estimate of drug-likeness (QED) is 0.507. The van der Waals surface area contributed by atoms with Crippen LogP contribution in [0.25, 0.3) is 11.4 Å². The maximum atomic E-state index is 12.9. The van der Waals surface area contributed by atoms with E-state index in [4.69, 9.17) is 0 Å². The van der Waals surface area contributed by atoms with Crippen molar-refractivity contribution < 1.29 is 18.0 Å². The van der Waals surface area contributed by atoms with Crippen LogP contribution in [0.15, 0.2) is 52.3 Å². The van der Waals surface area contributed by atoms with Gasteiger partial charge in [0.25, 0.3) is 5.91 Å². The van der Waals surface area contributed by atoms with Gasteiger partial charge in [-0.25, -0.2) is 8.42 Å². The van der Waals surface area contributed by atoms with E-state index in [1.165, 1.54) is 37.3 Å². The van der Waals surface area contributed by atoms with Gasteiger partial charge in [0.1, 0.15) is 0 Å². The van der Waals surface area contributed by atoms with Gasteiger partial charge < -0.3 is 0 Å². The minimum atomic E-state index is -3.84. The van der Waals surface area contributed by atoms with E-state index in [9.17, 15) is 18.0 Å². The van der Waals surface area contributed by atoms with Crippen LogP contribution in [-0.2, 0) is 9.84 Å². The number of tetrazole rings is 1. The molecule has 1 aliphatic rings. The molecule has 0 atom stereocenters. The fourth-order valence-corrected chi connectivity index (χ4v) is 4.36. The minimum Gasteiger partial charge on any atom is -0.289 e. The Morgan fingerprint density at radius 3 is 2.48 bits per heavy atom. The Hall–Kier alpha value is -3.20. The number of sulfone groups is 1. The number of aromatic nitrogens is 4. The van der Waals surface area contributed by atoms with Crippen LogP contribution in [0.1, 0.15) is 27.6 Å². The molecule has 0 N–H and O–H groups in total. The maximum absolute atomic E-state index is 12.9. The number of rotatable bonds is 1. The highest BCUT2D eigenvalue weighted by Crippen LogP contribution is 2.35. The summed E-state index contributed by atoms with van der Waals surface area (Å²) < 4.78 is 25.7. The lowest BCUT2D eigenvalue weighted by molar-refractivity contribution is 0.0900. The third-order valence-corrected chi connectivity index (χ3v) is 5.74. The van der Waals surface area contributed by atoms with E-state index in [2.05, 4.69) is 15.4 Å². The Kier molecular flexibility index (Phi) is 3.16. The first-order valence-electron chi connectivity index (χ1n) is 7.24. The molecule has 1 aliphatic heterocycles. The SMILES string of the molecule is CC(=O)n1nnc(-c2ccc3c(c2)S(=O)(=O)c2ccccc2C3=O)n1. The average Bonchev–Trinajstić information content (AvgIpc) is 3.10. The second-order valence-electron chi connectivity index (χ2n) is 5.46. The van der Waals surface area contributed by atoms with Gasteiger partial charge in [-0.2, -0.15) is 0 Å². The molecule has 0 fully saturated rings. The lowest BCUT2D eigenvalue weighted by atomic mass is 10.0. The van der Waals surface area contributed by atoms with Crippen LogP contribution in [-0.4, -0.2) is 40.3 Å². The molecule has 0 radical (unpaired) electrons. The number of hydrogen-bond acceptors (Lipinski definition) is 7. The molecule has 3 aromatic rings. The van der Waals surface area contributed by atoms with Crippen molar-refractivity contribution in [3.63, 3.8) is 0 Å². The van der Waals surface area contributed by atoms with Crippen molar-refractivity contribution in [3.8, 4) is 11.4 Å². The predicted molar refractivity (Wildman–Crippen MR) is 84.9 cm³/mol. The Balaban J connectivity index is 1.92. The lowest BCUT2D eigenvalue weighted by Crippen LogP contribution is -2.20. The number of hydrogen-bond donors (Lipinski definition) is 0. The van der Waals surface area contributed by atoms with Gasteiger partial charge in [-0.05, 0) is 29.5 Å². The fourth-order valence-electron chi connectivity index (χ4n) is 2.69. The first-order valence-corrected chi connectivity index (χ1v) is 8.72. The van der Waals surface area contributed by atoms with Crippen LogP contribution in [0.3, 0.4) is 0 Å². The Labute approximate surface area is 142 Å². The molecule has 4 rings (SSSR count). The molecule has 124 valence electrons. The van der Waals surface area contributed by atoms with E-state index >= 15 is 0 Å². The molecule has 0 saturated carbocycles. The average molecular weight is 354 g/mol. The van der Waals surface area contributed by atoms with Crippen molar-refractivity contribution in [1.29, 1.82) is 0 Å². The zero-order valence-electron chi connectivity index (χ0n) is 12.9. The highest BCUT2D eigenvalue weighted by Gasteiger charge is 2.34. The van der Waals surface area contributed by atoms with E-state index in [0.717, 1.165) is 4.80 Å². The second-order valence-corrected chi connectivity index (χ2v) is 7.35. The summed E-state index contributed by atoms with van der Waals surface area (Å²) in [5.41, 5.74) is 0.604. The van der Waals surface area contributed by atoms with Crippen molar-refractivity contribution in [2.24, 2.45) is 0 Å². The van der Waals surface area contributed by atoms with E-state index < -0.39 is 15.7 Å². The molecule has 25 heavy (non-hydrogen) atoms. The van der Waals surface area contributed by atoms with Gasteiger partial charge in [0.15, 0.2) is 5.78 Å². The first kappa shape index (κ1) is 15.3. The molecule has 8 nitrogen and oxygen atoms in total. The van der Waals surface area contributed by atoms with Crippen LogP contribution in [0.2, 0.25) is 0 Å². The third-order valence-electron chi connectivity index (χ3n) is 3.89. The summed E-state index contributed by atoms with van der Waals surface area (Å²) >= 11 is 0. The van der Waals surface area contributed by atoms with Gasteiger partial charge in [-0.15, -0.1) is 10.2 Å². The van der Waals surface area contributed by atoms with E-state index in [1.807, 2.05) is 0 Å². The number of carbonyl (C=O) groups excluding carboxylic acids is 2. The van der Waals surface area contributed by atoms with Crippen LogP contribution < -0.4 is 0 Å². The molecular weight excluding hydrogens is 344 g/mol. The molecule has 0 amide bonds. The Bertz CT molecular complexity index is 1160. The first-order chi connectivity index (χ1) is 11.9. The van der Waals surface area contributed by atoms with E-state index in [1.54, 1.807) is 12.1 Å². The molecule has 0 bridgehead atoms. The smallest absolute Gasteiger partial charge is 0.263 e. The van der Waals surface area contributed by atoms with Crippen molar-refractivity contribution >= 4 is 21.5 Å². The van der Waals surface area contributed by atoms with Gasteiger partial charge in [0.2, 0.25) is 15.7 Å². The van der Waals surface area contributed by atoms with Crippen molar-refractivity contribution in [2.45, 2.75) is 16.7 Å². The van der Waals surface area contributed by atoms with Gasteiger partial charge >= 0.3 is 0 Å². The molecule has 0 aliphatic carbocycles. The highest BCUT2D eigenvalue weighted by atomic mass is 32.2. The summed E-state index contributed by atoms with van der Waals surface area (Å²) in [5.74, 6) is -0.680. The number of carbonyl (C=O) groups is 2. The van der Waals surface area contributed by atoms with Crippen molar-refractivity contribution in [2.75, 3.05) is 0 Å². The summed E-state index contributed by atoms with van der Waals surface area (Å²) in [6.45, 7) is 1.28. The standard InChI is InChI=1S/C16H10N4O4S/c1-9(21)20-18-16(17-19-20)10-6-7-12-14(8-10)25(23,24)13-5-3-2-4-11(13)15(12)22/h2-8H,1H3. The molecule has 1 aromatic heterocycles. The van der Waals surface area contributed by atoms with Crippen LogP contribution in [0, 0.1) is 0 Å². The molecule has 2 aromatic carbocycles. The van der Waals surface area contributed by atoms with Crippen LogP contribution in [0.5, 0.6) is 0 Å². The van der Waals surface area contributed by atoms with Gasteiger partial charge in [0, 0.05) is 23.6 Å². The summed E-state index contributed by atoms with van der Waals surface area (Å²) in [6.07, 6.45) is 0. The maximum Gasteiger partial charge on any atom is 0.263 e. The number of nitrogens with zero attached hydrogens (tertiary/aromatic N) is 4. The van der Waals surface area contributed by atoms with E-state index in [0.29, 0.717) is 5.56 Å². The predicted octanol–water partition coefficient (Wildman–Crippen LogP) is 1.38. The number of ketones is 1. The zero-order valence-corrected chi connectivity index (χ0v) is 13.7. The Morgan fingerprint density at radius 1 is 1.04 bits per heavy atom. The van der Waals surface area contributed by atoms with Crippen molar-refractivity contribution in [1.82, 2.24) is 20.2 Å². The summed E-state index contributed by atoms with van der Waals surface area (Å²) in [7, 11) is -3.84. The summed E-state index contributed by atoms with van der Waals surface area (Å²) in [4.78, 5) is 24.5. The molecule has 9 heteroatoms. The van der Waals surface area contributed by atoms with Gasteiger partial charge in [-0.1, -0.05) is 23.0 Å². The van der Waals surface area contributed by atoms with Gasteiger partial charge in [-0.3, -0.25) is 9.59 Å². The molecule has 0 unspecified atom stereocenters. The lowest BCUT2D eigenvalue weighted by Gasteiger charge is -2.18. The van der Waals surface area contributed by atoms with E-state index in [-0.39, 0.29) is 32.5 Å². The van der Waals surface area contributed by atoms with Crippen LogP contribution in [0.4, 0.5) is 0 Å². The molecular formula is C16H10N4O4S. The van der Waals surface area contributed by atoms with Crippen LogP contribution >= 0.6 is 0 Å². The third kappa shape index (κ3) is 2.20. The summed E-state index contributed by atoms with van der Waals surface area (Å²) in [6, 6.07) is 10.4. The van der Waals surface area contributed by atoms with Gasteiger partial charge in [0.05, 0.1) is 9.79 Å².